The minimum atomic E-state index is 0.246. The molecule has 0 unspecified atom stereocenters. The van der Waals surface area contributed by atoms with Crippen molar-refractivity contribution < 1.29 is 9.84 Å². The van der Waals surface area contributed by atoms with Crippen molar-refractivity contribution in [3.05, 3.63) is 29.8 Å². The van der Waals surface area contributed by atoms with Gasteiger partial charge in [0.25, 0.3) is 0 Å². The van der Waals surface area contributed by atoms with Gasteiger partial charge in [0.1, 0.15) is 5.75 Å². The third kappa shape index (κ3) is 4.82. The van der Waals surface area contributed by atoms with Crippen LogP contribution < -0.4 is 10.5 Å². The topological polar surface area (TPSA) is 58.7 Å². The van der Waals surface area contributed by atoms with Crippen LogP contribution in [0.4, 0.5) is 0 Å². The van der Waals surface area contributed by atoms with Gasteiger partial charge in [-0.1, -0.05) is 12.1 Å². The lowest BCUT2D eigenvalue weighted by atomic mass is 10.2. The van der Waals surface area contributed by atoms with E-state index in [9.17, 15) is 0 Å². The highest BCUT2D eigenvalue weighted by atomic mass is 16.5. The van der Waals surface area contributed by atoms with Crippen LogP contribution >= 0.6 is 0 Å². The van der Waals surface area contributed by atoms with Crippen LogP contribution in [0.1, 0.15) is 24.8 Å². The van der Waals surface area contributed by atoms with Crippen LogP contribution in [0.3, 0.4) is 0 Å². The summed E-state index contributed by atoms with van der Waals surface area (Å²) in [7, 11) is 0. The Balaban J connectivity index is 1.67. The molecule has 4 nitrogen and oxygen atoms in total. The Kier molecular flexibility index (Phi) is 5.63. The van der Waals surface area contributed by atoms with Crippen LogP contribution in [0.5, 0.6) is 5.75 Å². The van der Waals surface area contributed by atoms with E-state index in [-0.39, 0.29) is 6.61 Å². The van der Waals surface area contributed by atoms with Gasteiger partial charge < -0.3 is 15.6 Å². The maximum Gasteiger partial charge on any atom is 0.119 e. The van der Waals surface area contributed by atoms with E-state index < -0.39 is 0 Å². The summed E-state index contributed by atoms with van der Waals surface area (Å²) in [6, 6.07) is 8.63. The largest absolute Gasteiger partial charge is 0.494 e. The molecule has 2 rings (SSSR count). The van der Waals surface area contributed by atoms with Crippen LogP contribution in [0.15, 0.2) is 24.3 Å². The van der Waals surface area contributed by atoms with E-state index in [1.165, 1.54) is 12.8 Å². The van der Waals surface area contributed by atoms with Gasteiger partial charge in [0.2, 0.25) is 0 Å². The van der Waals surface area contributed by atoms with Crippen LogP contribution in [0.2, 0.25) is 0 Å². The first-order chi connectivity index (χ1) is 9.33. The maximum absolute atomic E-state index is 9.02. The molecule has 1 fully saturated rings. The molecule has 0 spiro atoms. The molecule has 0 aromatic heterocycles. The SMILES string of the molecule is NCc1cccc(OCCCN(CCO)C2CC2)c1. The number of benzene rings is 1. The number of hydrogen-bond donors (Lipinski definition) is 2. The Hall–Kier alpha value is -1.10. The van der Waals surface area contributed by atoms with Crippen molar-refractivity contribution in [2.75, 3.05) is 26.3 Å². The average molecular weight is 264 g/mol. The highest BCUT2D eigenvalue weighted by Gasteiger charge is 2.27. The predicted molar refractivity (Wildman–Crippen MR) is 76.1 cm³/mol. The highest BCUT2D eigenvalue weighted by Crippen LogP contribution is 2.26. The van der Waals surface area contributed by atoms with Crippen LogP contribution in [0, 0.1) is 0 Å². The van der Waals surface area contributed by atoms with Crippen molar-refractivity contribution in [1.82, 2.24) is 4.90 Å². The van der Waals surface area contributed by atoms with Crippen LogP contribution in [0.25, 0.3) is 0 Å². The van der Waals surface area contributed by atoms with E-state index in [0.717, 1.165) is 30.8 Å². The van der Waals surface area contributed by atoms with Gasteiger partial charge in [0.15, 0.2) is 0 Å². The van der Waals surface area contributed by atoms with E-state index in [2.05, 4.69) is 4.90 Å². The zero-order chi connectivity index (χ0) is 13.5. The number of hydrogen-bond acceptors (Lipinski definition) is 4. The Morgan fingerprint density at radius 3 is 2.84 bits per heavy atom. The minimum Gasteiger partial charge on any atom is -0.494 e. The molecule has 0 bridgehead atoms. The van der Waals surface area contributed by atoms with Gasteiger partial charge in [-0.25, -0.2) is 0 Å². The van der Waals surface area contributed by atoms with Crippen molar-refractivity contribution in [2.45, 2.75) is 31.8 Å². The summed E-state index contributed by atoms with van der Waals surface area (Å²) >= 11 is 0. The van der Waals surface area contributed by atoms with Crippen molar-refractivity contribution in [3.63, 3.8) is 0 Å². The Bertz CT molecular complexity index is 380. The number of nitrogens with two attached hydrogens (primary N) is 1. The van der Waals surface area contributed by atoms with E-state index in [0.29, 0.717) is 19.2 Å². The smallest absolute Gasteiger partial charge is 0.119 e. The van der Waals surface area contributed by atoms with Crippen molar-refractivity contribution in [1.29, 1.82) is 0 Å². The van der Waals surface area contributed by atoms with Crippen LogP contribution in [-0.2, 0) is 6.54 Å². The van der Waals surface area contributed by atoms with Gasteiger partial charge in [-0.05, 0) is 37.0 Å². The molecule has 4 heteroatoms. The molecule has 0 atom stereocenters. The van der Waals surface area contributed by atoms with Crippen molar-refractivity contribution >= 4 is 0 Å². The standard InChI is InChI=1S/C15H24N2O2/c16-12-13-3-1-4-15(11-13)19-10-2-7-17(8-9-18)14-5-6-14/h1,3-4,11,14,18H,2,5-10,12,16H2. The fourth-order valence-electron chi connectivity index (χ4n) is 2.26. The highest BCUT2D eigenvalue weighted by molar-refractivity contribution is 5.28. The zero-order valence-corrected chi connectivity index (χ0v) is 11.4. The van der Waals surface area contributed by atoms with Gasteiger partial charge in [0, 0.05) is 25.7 Å². The lowest BCUT2D eigenvalue weighted by Crippen LogP contribution is -2.31. The fraction of sp³-hybridized carbons (Fsp3) is 0.600. The molecule has 1 aromatic rings. The van der Waals surface area contributed by atoms with Gasteiger partial charge in [0.05, 0.1) is 13.2 Å². The Morgan fingerprint density at radius 1 is 1.32 bits per heavy atom. The molecule has 0 heterocycles. The second-order valence-electron chi connectivity index (χ2n) is 5.04. The minimum absolute atomic E-state index is 0.246. The summed E-state index contributed by atoms with van der Waals surface area (Å²) in [5.41, 5.74) is 6.70. The lowest BCUT2D eigenvalue weighted by molar-refractivity contribution is 0.177. The second-order valence-corrected chi connectivity index (χ2v) is 5.04. The molecule has 1 aromatic carbocycles. The normalized spacial score (nSPS) is 14.9. The number of nitrogens with zero attached hydrogens (tertiary/aromatic N) is 1. The molecule has 0 radical (unpaired) electrons. The summed E-state index contributed by atoms with van der Waals surface area (Å²) in [5, 5.41) is 9.02. The summed E-state index contributed by atoms with van der Waals surface area (Å²) in [4.78, 5) is 2.36. The molecule has 106 valence electrons. The molecule has 0 aliphatic heterocycles. The Labute approximate surface area is 115 Å². The van der Waals surface area contributed by atoms with E-state index in [4.69, 9.17) is 15.6 Å². The summed E-state index contributed by atoms with van der Waals surface area (Å²) < 4.78 is 5.73. The Morgan fingerprint density at radius 2 is 2.16 bits per heavy atom. The molecular weight excluding hydrogens is 240 g/mol. The fourth-order valence-corrected chi connectivity index (χ4v) is 2.26. The summed E-state index contributed by atoms with van der Waals surface area (Å²) in [6.07, 6.45) is 3.54. The monoisotopic (exact) mass is 264 g/mol. The van der Waals surface area contributed by atoms with Gasteiger partial charge >= 0.3 is 0 Å². The molecule has 19 heavy (non-hydrogen) atoms. The zero-order valence-electron chi connectivity index (χ0n) is 11.4. The molecular formula is C15H24N2O2. The third-order valence-electron chi connectivity index (χ3n) is 3.44. The first-order valence-electron chi connectivity index (χ1n) is 7.10. The molecule has 1 aliphatic rings. The first kappa shape index (κ1) is 14.3. The quantitative estimate of drug-likeness (QED) is 0.661. The lowest BCUT2D eigenvalue weighted by Gasteiger charge is -2.20. The van der Waals surface area contributed by atoms with E-state index >= 15 is 0 Å². The van der Waals surface area contributed by atoms with Gasteiger partial charge in [-0.2, -0.15) is 0 Å². The van der Waals surface area contributed by atoms with Gasteiger partial charge in [-0.3, -0.25) is 4.90 Å². The van der Waals surface area contributed by atoms with Crippen molar-refractivity contribution in [2.24, 2.45) is 5.73 Å². The van der Waals surface area contributed by atoms with Crippen molar-refractivity contribution in [3.8, 4) is 5.75 Å². The number of aliphatic hydroxyl groups excluding tert-OH is 1. The molecule has 0 saturated heterocycles. The number of ether oxygens (including phenoxy) is 1. The third-order valence-corrected chi connectivity index (χ3v) is 3.44. The summed E-state index contributed by atoms with van der Waals surface area (Å²) in [5.74, 6) is 0.892. The van der Waals surface area contributed by atoms with Crippen LogP contribution in [-0.4, -0.2) is 42.4 Å². The number of aliphatic hydroxyl groups is 1. The van der Waals surface area contributed by atoms with E-state index in [1.807, 2.05) is 24.3 Å². The average Bonchev–Trinajstić information content (AvgIpc) is 3.27. The first-order valence-corrected chi connectivity index (χ1v) is 7.10. The molecule has 1 saturated carbocycles. The molecule has 1 aliphatic carbocycles. The predicted octanol–water partition coefficient (Wildman–Crippen LogP) is 1.37. The van der Waals surface area contributed by atoms with E-state index in [1.54, 1.807) is 0 Å². The number of rotatable bonds is 9. The van der Waals surface area contributed by atoms with Gasteiger partial charge in [-0.15, -0.1) is 0 Å². The maximum atomic E-state index is 9.02. The molecule has 0 amide bonds. The second kappa shape index (κ2) is 7.48. The molecule has 3 N–H and O–H groups in total. The summed E-state index contributed by atoms with van der Waals surface area (Å²) in [6.45, 7) is 3.29.